The lowest BCUT2D eigenvalue weighted by Gasteiger charge is -2.40. The number of ether oxygens (including phenoxy) is 1. The molecule has 0 bridgehead atoms. The van der Waals surface area contributed by atoms with Crippen molar-refractivity contribution in [2.45, 2.75) is 24.7 Å². The summed E-state index contributed by atoms with van der Waals surface area (Å²) >= 11 is 7.52. The van der Waals surface area contributed by atoms with Crippen LogP contribution in [0.4, 0.5) is 5.82 Å². The highest BCUT2D eigenvalue weighted by molar-refractivity contribution is 7.99. The fraction of sp³-hybridized carbons (Fsp3) is 0.308. The van der Waals surface area contributed by atoms with E-state index in [4.69, 9.17) is 16.3 Å². The second-order valence-electron chi connectivity index (χ2n) is 8.41. The first-order valence-electron chi connectivity index (χ1n) is 11.6. The summed E-state index contributed by atoms with van der Waals surface area (Å²) in [6.07, 6.45) is 0. The highest BCUT2D eigenvalue weighted by Crippen LogP contribution is 2.25. The largest absolute Gasteiger partial charge is 0.497 e. The number of methoxy groups -OCH3 is 1. The predicted octanol–water partition coefficient (Wildman–Crippen LogP) is 3.90. The minimum absolute atomic E-state index is 0.0282. The average Bonchev–Trinajstić information content (AvgIpc) is 2.90. The number of benzene rings is 2. The van der Waals surface area contributed by atoms with Crippen molar-refractivity contribution in [3.63, 3.8) is 0 Å². The normalized spacial score (nSPS) is 15.5. The quantitative estimate of drug-likeness (QED) is 0.271. The van der Waals surface area contributed by atoms with Crippen molar-refractivity contribution in [2.24, 2.45) is 0 Å². The maximum Gasteiger partial charge on any atom is 0.254 e. The Morgan fingerprint density at radius 2 is 1.92 bits per heavy atom. The summed E-state index contributed by atoms with van der Waals surface area (Å²) < 4.78 is 5.25. The Balaban J connectivity index is 1.34. The Bertz CT molecular complexity index is 1210. The molecule has 0 aliphatic carbocycles. The lowest BCUT2D eigenvalue weighted by atomic mass is 10.1. The number of aromatic nitrogens is 2. The van der Waals surface area contributed by atoms with Gasteiger partial charge in [-0.25, -0.2) is 9.97 Å². The summed E-state index contributed by atoms with van der Waals surface area (Å²) in [5.41, 5.74) is 1.64. The molecule has 0 radical (unpaired) electrons. The average molecular weight is 526 g/mol. The Labute approximate surface area is 220 Å². The molecule has 2 amide bonds. The number of piperazine rings is 1. The molecule has 188 valence electrons. The van der Waals surface area contributed by atoms with Gasteiger partial charge in [-0.05, 0) is 30.7 Å². The summed E-state index contributed by atoms with van der Waals surface area (Å²) in [7, 11) is 1.58. The number of carbonyl (C=O) groups excluding carboxylic acids is 2. The molecule has 3 aromatic rings. The molecule has 1 aromatic heterocycles. The van der Waals surface area contributed by atoms with Gasteiger partial charge in [-0.3, -0.25) is 9.59 Å². The fourth-order valence-electron chi connectivity index (χ4n) is 3.98. The van der Waals surface area contributed by atoms with Crippen molar-refractivity contribution < 1.29 is 14.3 Å². The van der Waals surface area contributed by atoms with E-state index in [0.717, 1.165) is 5.56 Å². The number of nitrogens with one attached hydrogen (secondary N) is 1. The summed E-state index contributed by atoms with van der Waals surface area (Å²) in [6, 6.07) is 18.6. The number of nitrogens with zero attached hydrogens (tertiary/aromatic N) is 4. The zero-order valence-corrected chi connectivity index (χ0v) is 21.8. The number of rotatable bonds is 8. The first kappa shape index (κ1) is 25.8. The fourth-order valence-corrected chi connectivity index (χ4v) is 4.89. The van der Waals surface area contributed by atoms with Crippen LogP contribution in [-0.4, -0.2) is 65.2 Å². The van der Waals surface area contributed by atoms with E-state index in [1.54, 1.807) is 25.3 Å². The van der Waals surface area contributed by atoms with Gasteiger partial charge in [0.15, 0.2) is 5.16 Å². The van der Waals surface area contributed by atoms with E-state index in [9.17, 15) is 9.59 Å². The lowest BCUT2D eigenvalue weighted by Crippen LogP contribution is -2.54. The van der Waals surface area contributed by atoms with Gasteiger partial charge < -0.3 is 19.9 Å². The number of carbonyl (C=O) groups is 2. The number of thioether (sulfide) groups is 1. The Hall–Kier alpha value is -3.30. The topological polar surface area (TPSA) is 87.7 Å². The molecule has 1 aliphatic rings. The summed E-state index contributed by atoms with van der Waals surface area (Å²) in [4.78, 5) is 38.2. The third-order valence-corrected chi connectivity index (χ3v) is 6.90. The summed E-state index contributed by atoms with van der Waals surface area (Å²) in [6.45, 7) is 4.24. The Kier molecular flexibility index (Phi) is 8.66. The van der Waals surface area contributed by atoms with Gasteiger partial charge in [0.2, 0.25) is 5.91 Å². The molecule has 36 heavy (non-hydrogen) atoms. The molecule has 1 N–H and O–H groups in total. The second kappa shape index (κ2) is 12.1. The van der Waals surface area contributed by atoms with Crippen molar-refractivity contribution in [3.05, 3.63) is 76.9 Å². The van der Waals surface area contributed by atoms with Crippen LogP contribution in [0.3, 0.4) is 0 Å². The number of hydrogen-bond acceptors (Lipinski definition) is 7. The van der Waals surface area contributed by atoms with Crippen molar-refractivity contribution in [2.75, 3.05) is 37.4 Å². The molecule has 8 nitrogen and oxygen atoms in total. The zero-order valence-electron chi connectivity index (χ0n) is 20.2. The highest BCUT2D eigenvalue weighted by atomic mass is 35.5. The van der Waals surface area contributed by atoms with Gasteiger partial charge in [0.25, 0.3) is 5.91 Å². The van der Waals surface area contributed by atoms with Gasteiger partial charge in [0.1, 0.15) is 16.7 Å². The number of amides is 2. The van der Waals surface area contributed by atoms with Crippen LogP contribution in [-0.2, 0) is 11.3 Å². The van der Waals surface area contributed by atoms with Gasteiger partial charge in [-0.2, -0.15) is 0 Å². The minimum Gasteiger partial charge on any atom is -0.497 e. The van der Waals surface area contributed by atoms with Gasteiger partial charge >= 0.3 is 0 Å². The van der Waals surface area contributed by atoms with E-state index in [1.807, 2.05) is 54.3 Å². The van der Waals surface area contributed by atoms with Crippen LogP contribution >= 0.6 is 23.4 Å². The molecule has 4 rings (SSSR count). The van der Waals surface area contributed by atoms with Crippen LogP contribution < -0.4 is 15.0 Å². The van der Waals surface area contributed by atoms with Crippen molar-refractivity contribution >= 4 is 41.0 Å². The smallest absolute Gasteiger partial charge is 0.254 e. The van der Waals surface area contributed by atoms with Gasteiger partial charge in [-0.15, -0.1) is 0 Å². The van der Waals surface area contributed by atoms with Crippen LogP contribution in [0.25, 0.3) is 0 Å². The van der Waals surface area contributed by atoms with Crippen LogP contribution in [0.1, 0.15) is 22.8 Å². The third-order valence-electron chi connectivity index (χ3n) is 5.85. The molecule has 0 saturated carbocycles. The van der Waals surface area contributed by atoms with E-state index < -0.39 is 0 Å². The molecule has 1 atom stereocenters. The van der Waals surface area contributed by atoms with Crippen LogP contribution in [0.2, 0.25) is 5.15 Å². The van der Waals surface area contributed by atoms with Crippen LogP contribution in [0.15, 0.2) is 65.8 Å². The zero-order chi connectivity index (χ0) is 25.5. The Morgan fingerprint density at radius 3 is 2.67 bits per heavy atom. The first-order valence-corrected chi connectivity index (χ1v) is 13.0. The summed E-state index contributed by atoms with van der Waals surface area (Å²) in [5.74, 6) is 1.39. The number of halogens is 1. The summed E-state index contributed by atoms with van der Waals surface area (Å²) in [5, 5.41) is 3.65. The van der Waals surface area contributed by atoms with Crippen molar-refractivity contribution in [1.82, 2.24) is 20.2 Å². The Morgan fingerprint density at radius 1 is 1.11 bits per heavy atom. The molecule has 2 heterocycles. The van der Waals surface area contributed by atoms with E-state index >= 15 is 0 Å². The SMILES string of the molecule is COc1cccc(C(=O)N2CCN(c3cc(Cl)nc(SCC(=O)NCc4ccccc4)n3)CC2C)c1. The first-order chi connectivity index (χ1) is 17.4. The lowest BCUT2D eigenvalue weighted by molar-refractivity contribution is -0.118. The van der Waals surface area contributed by atoms with E-state index in [2.05, 4.69) is 20.2 Å². The number of hydrogen-bond donors (Lipinski definition) is 1. The van der Waals surface area contributed by atoms with E-state index in [-0.39, 0.29) is 23.6 Å². The molecule has 0 spiro atoms. The van der Waals surface area contributed by atoms with Gasteiger partial charge in [-0.1, -0.05) is 59.8 Å². The van der Waals surface area contributed by atoms with Crippen molar-refractivity contribution in [3.8, 4) is 5.75 Å². The maximum atomic E-state index is 13.1. The molecule has 1 fully saturated rings. The highest BCUT2D eigenvalue weighted by Gasteiger charge is 2.29. The molecule has 1 saturated heterocycles. The van der Waals surface area contributed by atoms with Crippen LogP contribution in [0, 0.1) is 0 Å². The minimum atomic E-state index is -0.104. The molecule has 2 aromatic carbocycles. The third kappa shape index (κ3) is 6.67. The standard InChI is InChI=1S/C26H28ClN5O3S/c1-18-16-31(11-12-32(18)25(34)20-9-6-10-21(13-20)35-2)23-14-22(27)29-26(30-23)36-17-24(33)28-15-19-7-4-3-5-8-19/h3-10,13-14,18H,11-12,15-17H2,1-2H3,(H,28,33). The second-order valence-corrected chi connectivity index (χ2v) is 9.74. The van der Waals surface area contributed by atoms with Crippen molar-refractivity contribution in [1.29, 1.82) is 0 Å². The molecule has 1 unspecified atom stereocenters. The molecular weight excluding hydrogens is 498 g/mol. The monoisotopic (exact) mass is 525 g/mol. The van der Waals surface area contributed by atoms with E-state index in [1.165, 1.54) is 11.8 Å². The molecular formula is C26H28ClN5O3S. The van der Waals surface area contributed by atoms with Crippen LogP contribution in [0.5, 0.6) is 5.75 Å². The van der Waals surface area contributed by atoms with Gasteiger partial charge in [0.05, 0.1) is 12.9 Å². The molecule has 10 heteroatoms. The van der Waals surface area contributed by atoms with Gasteiger partial charge in [0, 0.05) is 43.9 Å². The predicted molar refractivity (Wildman–Crippen MR) is 142 cm³/mol. The maximum absolute atomic E-state index is 13.1. The van der Waals surface area contributed by atoms with E-state index in [0.29, 0.717) is 53.6 Å². The number of anilines is 1. The molecule has 1 aliphatic heterocycles.